The molecule has 0 N–H and O–H groups in total. The predicted molar refractivity (Wildman–Crippen MR) is 439 cm³/mol. The van der Waals surface area contributed by atoms with Crippen LogP contribution in [0.4, 0.5) is 11.4 Å². The highest BCUT2D eigenvalue weighted by molar-refractivity contribution is 7.85. The Morgan fingerprint density at radius 1 is 0.391 bits per heavy atom. The highest BCUT2D eigenvalue weighted by Gasteiger charge is 2.45. The van der Waals surface area contributed by atoms with Crippen molar-refractivity contribution in [1.82, 2.24) is 0 Å². The van der Waals surface area contributed by atoms with Gasteiger partial charge in [0.2, 0.25) is 5.69 Å². The van der Waals surface area contributed by atoms with Crippen LogP contribution in [0.25, 0.3) is 21.5 Å². The molecule has 0 bridgehead atoms. The molecule has 0 fully saturated rings. The normalized spacial score (nSPS) is 10.2. The number of unbranched alkanes of at least 4 members (excludes halogenated alkanes) is 1. The number of ether oxygens (including phenoxy) is 1. The van der Waals surface area contributed by atoms with Gasteiger partial charge in [-0.1, -0.05) is 111 Å². The van der Waals surface area contributed by atoms with E-state index in [1.165, 1.54) is 32.7 Å². The van der Waals surface area contributed by atoms with E-state index in [2.05, 4.69) is 459 Å². The van der Waals surface area contributed by atoms with Crippen LogP contribution in [0.5, 0.6) is 0 Å². The number of carbonyl (C=O) groups excluding carboxylic acids is 1. The average Bonchev–Trinajstić information content (AvgIpc) is 1.60. The number of nitrogens with zero attached hydrogens (tertiary/aromatic N) is 2. The molecule has 0 aliphatic carbocycles. The first kappa shape index (κ1) is 83.1. The lowest BCUT2D eigenvalue weighted by Gasteiger charge is -2.26. The second kappa shape index (κ2) is 50.7. The Balaban J connectivity index is 0.000000398. The van der Waals surface area contributed by atoms with E-state index >= 15 is 0 Å². The van der Waals surface area contributed by atoms with Gasteiger partial charge in [0.15, 0.2) is 5.71 Å². The van der Waals surface area contributed by atoms with E-state index in [0.29, 0.717) is 39.0 Å². The monoisotopic (exact) mass is 1410 g/mol. The molecule has 0 radical (unpaired) electrons. The molecule has 110 heavy (non-hydrogen) atoms. The van der Waals surface area contributed by atoms with E-state index in [1.807, 2.05) is 36.4 Å². The minimum absolute atomic E-state index is 0.267. The molecular weight excluding hydrogens is 1370 g/mol. The van der Waals surface area contributed by atoms with Crippen molar-refractivity contribution in [3.8, 4) is 343 Å². The van der Waals surface area contributed by atoms with Crippen LogP contribution < -0.4 is 4.90 Å². The van der Waals surface area contributed by atoms with Crippen LogP contribution in [0.1, 0.15) is 65.5 Å². The molecule has 4 aromatic rings. The Kier molecular flexibility index (Phi) is 38.3. The maximum Gasteiger partial charge on any atom is 0.293 e. The summed E-state index contributed by atoms with van der Waals surface area (Å²) >= 11 is 0. The summed E-state index contributed by atoms with van der Waals surface area (Å²) in [5.74, 6) is 145. The Hall–Kier alpha value is -17.6. The number of rotatable bonds is 13. The average molecular weight is 1420 g/mol. The van der Waals surface area contributed by atoms with Gasteiger partial charge >= 0.3 is 0 Å². The molecule has 0 aromatic heterocycles. The minimum Gasteiger partial charge on any atom is -0.748 e. The Morgan fingerprint density at radius 2 is 0.709 bits per heavy atom. The molecular formula is C102H50N2O5S. The molecule has 504 valence electrons. The molecule has 0 saturated heterocycles. The molecule has 0 spiro atoms. The van der Waals surface area contributed by atoms with Gasteiger partial charge in [0.25, 0.3) is 6.47 Å². The molecule has 0 unspecified atom stereocenters. The molecule has 0 saturated carbocycles. The topological polar surface area (TPSA) is 89.8 Å². The summed E-state index contributed by atoms with van der Waals surface area (Å²) in [6.45, 7) is 14.3. The van der Waals surface area contributed by atoms with Gasteiger partial charge in [0, 0.05) is 283 Å². The van der Waals surface area contributed by atoms with Gasteiger partial charge in [-0.15, -0.1) is 0 Å². The van der Waals surface area contributed by atoms with Crippen molar-refractivity contribution < 1.29 is 27.1 Å². The predicted octanol–water partition coefficient (Wildman–Crippen LogP) is 9.34. The number of carbonyl (C=O) groups is 1. The largest absolute Gasteiger partial charge is 0.748 e. The maximum absolute atomic E-state index is 11.2. The summed E-state index contributed by atoms with van der Waals surface area (Å²) in [6, 6.07) is 25.4. The van der Waals surface area contributed by atoms with E-state index < -0.39 is 10.1 Å². The van der Waals surface area contributed by atoms with Crippen molar-refractivity contribution in [3.05, 3.63) is 132 Å². The van der Waals surface area contributed by atoms with Gasteiger partial charge < -0.3 is 14.2 Å². The van der Waals surface area contributed by atoms with Crippen LogP contribution in [0.3, 0.4) is 0 Å². The van der Waals surface area contributed by atoms with E-state index in [-0.39, 0.29) is 16.6 Å². The fourth-order valence-electron chi connectivity index (χ4n) is 9.59. The number of fused-ring (bicyclic) bond motifs is 6. The lowest BCUT2D eigenvalue weighted by molar-refractivity contribution is -0.438. The van der Waals surface area contributed by atoms with Gasteiger partial charge in [-0.25, -0.2) is 8.42 Å². The van der Waals surface area contributed by atoms with Gasteiger partial charge in [-0.3, -0.25) is 4.79 Å². The molecule has 4 aromatic carbocycles. The van der Waals surface area contributed by atoms with Crippen LogP contribution in [0.15, 0.2) is 121 Å². The second-order valence-electron chi connectivity index (χ2n) is 21.4. The van der Waals surface area contributed by atoms with Crippen molar-refractivity contribution in [3.63, 3.8) is 0 Å². The van der Waals surface area contributed by atoms with Crippen molar-refractivity contribution >= 4 is 55.2 Å². The fraction of sp³-hybridized carbons (Fsp3) is 0.137. The van der Waals surface area contributed by atoms with Crippen molar-refractivity contribution in [2.45, 2.75) is 65.2 Å². The van der Waals surface area contributed by atoms with Crippen molar-refractivity contribution in [2.75, 3.05) is 30.3 Å². The number of allylic oxidation sites excluding steroid dienone is 8. The lowest BCUT2D eigenvalue weighted by Crippen LogP contribution is -2.29. The molecule has 8 heteroatoms. The molecule has 2 aliphatic heterocycles. The quantitative estimate of drug-likeness (QED) is 0.0332. The summed E-state index contributed by atoms with van der Waals surface area (Å²) in [5, 5.41) is 4.80. The Bertz CT molecular complexity index is 6530. The third kappa shape index (κ3) is 32.0. The first-order valence-corrected chi connectivity index (χ1v) is 34.0. The van der Waals surface area contributed by atoms with Crippen LogP contribution in [-0.2, 0) is 30.5 Å². The van der Waals surface area contributed by atoms with Crippen LogP contribution >= 0.6 is 0 Å². The lowest BCUT2D eigenvalue weighted by atomic mass is 9.79. The standard InChI is InChI=1S/C60H6.C42H44N2O5S/c1-3-5-7-9-11-13-15-17-19-21-23-25-27-29-31-33-35-37-39-41-43-45-47-49-51-53-55-57-59-60-58-56-54-52-50-48-46-44-42-40-38-36-34-32-30-28-26-24-22-20-18-16-14-12-10-8-6-4-2;1-41(2)37(43(26-14-15-29-50(46,47)48)35-24-22-31-16-10-12-18-33(31)39(35)41)20-8-6-5-7-9-21-38-42(3,4)40-34-19-13-11-17-32(34)23-25-36(40)44(38)27-28-49-30-45/h1-2H3;5-13,16-25,30H,14-15,26-29H2,1-4H3. The zero-order valence-electron chi connectivity index (χ0n) is 60.1. The Labute approximate surface area is 649 Å². The highest BCUT2D eigenvalue weighted by atomic mass is 32.2. The molecule has 7 nitrogen and oxygen atoms in total. The smallest absolute Gasteiger partial charge is 0.293 e. The van der Waals surface area contributed by atoms with E-state index in [0.717, 1.165) is 22.8 Å². The third-order valence-corrected chi connectivity index (χ3v) is 14.5. The molecule has 6 rings (SSSR count). The number of hydrogen-bond acceptors (Lipinski definition) is 6. The van der Waals surface area contributed by atoms with Gasteiger partial charge in [0.1, 0.15) is 13.2 Å². The second-order valence-corrected chi connectivity index (χ2v) is 22.9. The maximum atomic E-state index is 11.2. The van der Waals surface area contributed by atoms with Gasteiger partial charge in [0.05, 0.1) is 22.1 Å². The third-order valence-electron chi connectivity index (χ3n) is 13.7. The van der Waals surface area contributed by atoms with Crippen molar-refractivity contribution in [2.24, 2.45) is 0 Å². The van der Waals surface area contributed by atoms with E-state index in [4.69, 9.17) is 4.74 Å². The number of anilines is 1. The zero-order chi connectivity index (χ0) is 78.5. The van der Waals surface area contributed by atoms with Crippen LogP contribution in [-0.4, -0.2) is 55.2 Å². The molecule has 0 amide bonds. The first-order chi connectivity index (χ1) is 53.9. The molecule has 2 heterocycles. The van der Waals surface area contributed by atoms with Gasteiger partial charge in [-0.05, 0) is 174 Å². The summed E-state index contributed by atoms with van der Waals surface area (Å²) in [7, 11) is -4.24. The zero-order valence-corrected chi connectivity index (χ0v) is 61.0. The van der Waals surface area contributed by atoms with E-state index in [9.17, 15) is 17.8 Å². The van der Waals surface area contributed by atoms with Crippen LogP contribution in [0.2, 0.25) is 0 Å². The summed E-state index contributed by atoms with van der Waals surface area (Å²) in [6.07, 6.45) is 15.3. The molecule has 0 atom stereocenters. The SMILES string of the molecule is CC#CC#CC#CC#CC#CC#CC#CC#CC#CC#CC#CC#CC#CC#CC#CC#CC#CC#CC#CC#CC#CC#CC#CC#CC#CC#CC#CC#CC#CC.CC1(C)C(/C=C/C=C/C=C/C=C2/N(CCOC=O)c3ccc4ccccc4c3C2(C)C)=[N+](CCCCS(=O)(=O)[O-])c2ccc3ccccc3c21. The van der Waals surface area contributed by atoms with Crippen LogP contribution in [0, 0.1) is 343 Å². The van der Waals surface area contributed by atoms with Gasteiger partial charge in [-0.2, -0.15) is 4.58 Å². The number of benzene rings is 4. The van der Waals surface area contributed by atoms with Crippen molar-refractivity contribution in [1.29, 1.82) is 0 Å². The summed E-state index contributed by atoms with van der Waals surface area (Å²) in [5.41, 5.74) is 6.45. The first-order valence-electron chi connectivity index (χ1n) is 32.4. The molecule has 2 aliphatic rings. The Morgan fingerprint density at radius 3 is 1.05 bits per heavy atom. The summed E-state index contributed by atoms with van der Waals surface area (Å²) < 4.78 is 41.1. The minimum atomic E-state index is -4.24. The fourth-order valence-corrected chi connectivity index (χ4v) is 10.1. The summed E-state index contributed by atoms with van der Waals surface area (Å²) in [4.78, 5) is 13.2. The number of hydrogen-bond donors (Lipinski definition) is 0. The highest BCUT2D eigenvalue weighted by Crippen LogP contribution is 2.51. The van der Waals surface area contributed by atoms with E-state index in [1.54, 1.807) is 13.8 Å².